The van der Waals surface area contributed by atoms with Crippen LogP contribution in [0.15, 0.2) is 78.9 Å². The molecule has 0 aliphatic carbocycles. The fourth-order valence-corrected chi connectivity index (χ4v) is 2.61. The van der Waals surface area contributed by atoms with Crippen molar-refractivity contribution < 1.29 is 9.59 Å². The molecule has 4 N–H and O–H groups in total. The highest BCUT2D eigenvalue weighted by Gasteiger charge is 2.08. The first-order valence-electron chi connectivity index (χ1n) is 8.21. The van der Waals surface area contributed by atoms with Gasteiger partial charge in [-0.25, -0.2) is 0 Å². The number of primary amides is 1. The largest absolute Gasteiger partial charge is 0.376 e. The number of amides is 2. The summed E-state index contributed by atoms with van der Waals surface area (Å²) in [4.78, 5) is 23.5. The van der Waals surface area contributed by atoms with Crippen LogP contribution in [-0.2, 0) is 4.79 Å². The summed E-state index contributed by atoms with van der Waals surface area (Å²) in [6.45, 7) is 0.0325. The van der Waals surface area contributed by atoms with E-state index in [9.17, 15) is 9.59 Å². The zero-order valence-corrected chi connectivity index (χ0v) is 14.1. The average molecular weight is 345 g/mol. The number of rotatable bonds is 6. The van der Waals surface area contributed by atoms with Gasteiger partial charge in [0, 0.05) is 11.4 Å². The Morgan fingerprint density at radius 2 is 1.38 bits per heavy atom. The van der Waals surface area contributed by atoms with Crippen molar-refractivity contribution in [3.8, 4) is 11.1 Å². The molecule has 0 aliphatic rings. The van der Waals surface area contributed by atoms with E-state index >= 15 is 0 Å². The summed E-state index contributed by atoms with van der Waals surface area (Å²) >= 11 is 0. The number of benzene rings is 3. The molecule has 3 aromatic rings. The van der Waals surface area contributed by atoms with Crippen LogP contribution in [-0.4, -0.2) is 18.4 Å². The van der Waals surface area contributed by atoms with Crippen molar-refractivity contribution in [3.63, 3.8) is 0 Å². The lowest BCUT2D eigenvalue weighted by Crippen LogP contribution is -2.23. The molecule has 0 saturated carbocycles. The third-order valence-electron chi connectivity index (χ3n) is 3.91. The summed E-state index contributed by atoms with van der Waals surface area (Å²) in [6, 6.07) is 24.5. The standard InChI is InChI=1S/C21H19N3O2/c22-21(26)18-8-4-5-9-19(18)23-14-20(25)24-17-12-10-16(11-13-17)15-6-2-1-3-7-15/h1-13,23H,14H2,(H2,22,26)(H,24,25). The maximum atomic E-state index is 12.1. The molecule has 2 amide bonds. The molecule has 5 heteroatoms. The molecule has 0 aromatic heterocycles. The Morgan fingerprint density at radius 1 is 0.769 bits per heavy atom. The van der Waals surface area contributed by atoms with E-state index in [1.807, 2.05) is 54.6 Å². The zero-order chi connectivity index (χ0) is 18.4. The van der Waals surface area contributed by atoms with Gasteiger partial charge >= 0.3 is 0 Å². The van der Waals surface area contributed by atoms with Crippen molar-refractivity contribution in [2.45, 2.75) is 0 Å². The Hall–Kier alpha value is -3.60. The van der Waals surface area contributed by atoms with Crippen LogP contribution in [0.2, 0.25) is 0 Å². The number of carbonyl (C=O) groups is 2. The Kier molecular flexibility index (Phi) is 5.29. The van der Waals surface area contributed by atoms with Crippen LogP contribution in [0.25, 0.3) is 11.1 Å². The van der Waals surface area contributed by atoms with E-state index in [0.29, 0.717) is 16.9 Å². The fraction of sp³-hybridized carbons (Fsp3) is 0.0476. The molecule has 5 nitrogen and oxygen atoms in total. The lowest BCUT2D eigenvalue weighted by Gasteiger charge is -2.11. The highest BCUT2D eigenvalue weighted by atomic mass is 16.2. The number of hydrogen-bond donors (Lipinski definition) is 3. The molecule has 0 bridgehead atoms. The summed E-state index contributed by atoms with van der Waals surface area (Å²) in [5.74, 6) is -0.748. The van der Waals surface area contributed by atoms with Gasteiger partial charge in [-0.3, -0.25) is 9.59 Å². The maximum absolute atomic E-state index is 12.1. The van der Waals surface area contributed by atoms with Crippen molar-refractivity contribution in [2.75, 3.05) is 17.2 Å². The molecule has 0 saturated heterocycles. The van der Waals surface area contributed by atoms with Gasteiger partial charge in [0.25, 0.3) is 5.91 Å². The van der Waals surface area contributed by atoms with E-state index in [2.05, 4.69) is 10.6 Å². The molecule has 3 aromatic carbocycles. The van der Waals surface area contributed by atoms with Gasteiger partial charge in [-0.1, -0.05) is 54.6 Å². The Balaban J connectivity index is 1.60. The highest BCUT2D eigenvalue weighted by Crippen LogP contribution is 2.21. The summed E-state index contributed by atoms with van der Waals surface area (Å²) in [6.07, 6.45) is 0. The molecule has 0 atom stereocenters. The number of anilines is 2. The molecular weight excluding hydrogens is 326 g/mol. The molecule has 26 heavy (non-hydrogen) atoms. The van der Waals surface area contributed by atoms with Crippen molar-refractivity contribution in [1.29, 1.82) is 0 Å². The molecule has 0 fully saturated rings. The minimum Gasteiger partial charge on any atom is -0.376 e. The summed E-state index contributed by atoms with van der Waals surface area (Å²) in [7, 11) is 0. The van der Waals surface area contributed by atoms with Crippen LogP contribution in [0.1, 0.15) is 10.4 Å². The second-order valence-corrected chi connectivity index (χ2v) is 5.75. The fourth-order valence-electron chi connectivity index (χ4n) is 2.61. The van der Waals surface area contributed by atoms with Gasteiger partial charge in [0.15, 0.2) is 0 Å². The molecule has 3 rings (SSSR count). The minimum atomic E-state index is -0.537. The normalized spacial score (nSPS) is 10.2. The second-order valence-electron chi connectivity index (χ2n) is 5.75. The number of para-hydroxylation sites is 1. The van der Waals surface area contributed by atoms with E-state index in [-0.39, 0.29) is 12.5 Å². The Labute approximate surface area is 151 Å². The topological polar surface area (TPSA) is 84.2 Å². The monoisotopic (exact) mass is 345 g/mol. The Bertz CT molecular complexity index is 906. The molecule has 0 aliphatic heterocycles. The van der Waals surface area contributed by atoms with Crippen molar-refractivity contribution in [3.05, 3.63) is 84.4 Å². The maximum Gasteiger partial charge on any atom is 0.250 e. The summed E-state index contributed by atoms with van der Waals surface area (Å²) < 4.78 is 0. The van der Waals surface area contributed by atoms with Crippen LogP contribution >= 0.6 is 0 Å². The van der Waals surface area contributed by atoms with Gasteiger partial charge in [-0.2, -0.15) is 0 Å². The first-order chi connectivity index (χ1) is 12.6. The summed E-state index contributed by atoms with van der Waals surface area (Å²) in [5, 5.41) is 5.76. The third kappa shape index (κ3) is 4.27. The quantitative estimate of drug-likeness (QED) is 0.639. The van der Waals surface area contributed by atoms with Crippen molar-refractivity contribution in [1.82, 2.24) is 0 Å². The minimum absolute atomic E-state index is 0.0325. The zero-order valence-electron chi connectivity index (χ0n) is 14.1. The second kappa shape index (κ2) is 7.98. The number of nitrogens with one attached hydrogen (secondary N) is 2. The molecule has 130 valence electrons. The molecule has 0 radical (unpaired) electrons. The average Bonchev–Trinajstić information content (AvgIpc) is 2.68. The van der Waals surface area contributed by atoms with E-state index in [0.717, 1.165) is 11.1 Å². The number of hydrogen-bond acceptors (Lipinski definition) is 3. The van der Waals surface area contributed by atoms with E-state index in [1.165, 1.54) is 0 Å². The van der Waals surface area contributed by atoms with Crippen LogP contribution in [0.4, 0.5) is 11.4 Å². The number of nitrogens with two attached hydrogens (primary N) is 1. The van der Waals surface area contributed by atoms with E-state index in [1.54, 1.807) is 24.3 Å². The molecule has 0 spiro atoms. The number of carbonyl (C=O) groups excluding carboxylic acids is 2. The van der Waals surface area contributed by atoms with E-state index < -0.39 is 5.91 Å². The third-order valence-corrected chi connectivity index (χ3v) is 3.91. The lowest BCUT2D eigenvalue weighted by atomic mass is 10.1. The van der Waals surface area contributed by atoms with Crippen LogP contribution in [0.3, 0.4) is 0 Å². The van der Waals surface area contributed by atoms with Gasteiger partial charge in [-0.15, -0.1) is 0 Å². The van der Waals surface area contributed by atoms with E-state index in [4.69, 9.17) is 5.73 Å². The first kappa shape index (κ1) is 17.2. The van der Waals surface area contributed by atoms with Crippen LogP contribution < -0.4 is 16.4 Å². The predicted molar refractivity (Wildman–Crippen MR) is 104 cm³/mol. The molecule has 0 heterocycles. The summed E-state index contributed by atoms with van der Waals surface area (Å²) in [5.41, 5.74) is 9.13. The van der Waals surface area contributed by atoms with Gasteiger partial charge in [0.05, 0.1) is 12.1 Å². The van der Waals surface area contributed by atoms with Crippen LogP contribution in [0.5, 0.6) is 0 Å². The Morgan fingerprint density at radius 3 is 2.08 bits per heavy atom. The van der Waals surface area contributed by atoms with Gasteiger partial charge in [0.1, 0.15) is 0 Å². The highest BCUT2D eigenvalue weighted by molar-refractivity contribution is 6.00. The van der Waals surface area contributed by atoms with Gasteiger partial charge in [0.2, 0.25) is 5.91 Å². The SMILES string of the molecule is NC(=O)c1ccccc1NCC(=O)Nc1ccc(-c2ccccc2)cc1. The van der Waals surface area contributed by atoms with Gasteiger partial charge < -0.3 is 16.4 Å². The smallest absolute Gasteiger partial charge is 0.250 e. The van der Waals surface area contributed by atoms with Crippen molar-refractivity contribution >= 4 is 23.2 Å². The first-order valence-corrected chi connectivity index (χ1v) is 8.21. The predicted octanol–water partition coefficient (Wildman–Crippen LogP) is 3.50. The van der Waals surface area contributed by atoms with Crippen molar-refractivity contribution in [2.24, 2.45) is 5.73 Å². The lowest BCUT2D eigenvalue weighted by molar-refractivity contribution is -0.114. The molecular formula is C21H19N3O2. The van der Waals surface area contributed by atoms with Crippen LogP contribution in [0, 0.1) is 0 Å². The van der Waals surface area contributed by atoms with Gasteiger partial charge in [-0.05, 0) is 35.4 Å². The molecule has 0 unspecified atom stereocenters.